The van der Waals surface area contributed by atoms with Gasteiger partial charge in [0.1, 0.15) is 17.5 Å². The molecule has 0 bridgehead atoms. The van der Waals surface area contributed by atoms with Gasteiger partial charge in [-0.3, -0.25) is 9.59 Å². The molecule has 41 heavy (non-hydrogen) atoms. The van der Waals surface area contributed by atoms with Crippen molar-refractivity contribution in [3.63, 3.8) is 0 Å². The minimum Gasteiger partial charge on any atom is -0.494 e. The lowest BCUT2D eigenvalue weighted by atomic mass is 10.0. The number of ether oxygens (including phenoxy) is 2. The Bertz CT molecular complexity index is 1270. The summed E-state index contributed by atoms with van der Waals surface area (Å²) in [6, 6.07) is 3.70. The molecule has 1 aromatic carbocycles. The van der Waals surface area contributed by atoms with Crippen molar-refractivity contribution < 1.29 is 19.1 Å². The van der Waals surface area contributed by atoms with Crippen LogP contribution in [0.15, 0.2) is 18.3 Å². The largest absolute Gasteiger partial charge is 0.494 e. The number of carbonyl (C=O) groups is 2. The highest BCUT2D eigenvalue weighted by Crippen LogP contribution is 2.41. The first-order chi connectivity index (χ1) is 19.9. The summed E-state index contributed by atoms with van der Waals surface area (Å²) in [6.45, 7) is 6.86. The number of nitrogens with zero attached hydrogens (tertiary/aromatic N) is 5. The monoisotopic (exact) mass is 565 g/mol. The Morgan fingerprint density at radius 3 is 2.66 bits per heavy atom. The van der Waals surface area contributed by atoms with Crippen LogP contribution in [0, 0.1) is 0 Å². The summed E-state index contributed by atoms with van der Waals surface area (Å²) in [6.07, 6.45) is 7.44. The van der Waals surface area contributed by atoms with Gasteiger partial charge in [0.05, 0.1) is 31.7 Å². The zero-order chi connectivity index (χ0) is 29.1. The van der Waals surface area contributed by atoms with Crippen molar-refractivity contribution in [1.29, 1.82) is 0 Å². The molecule has 2 aromatic rings. The van der Waals surface area contributed by atoms with Gasteiger partial charge in [-0.2, -0.15) is 4.98 Å². The number of carbonyl (C=O) groups excluding carboxylic acids is 2. The second-order valence-electron chi connectivity index (χ2n) is 11.2. The third kappa shape index (κ3) is 5.83. The van der Waals surface area contributed by atoms with Crippen LogP contribution < -0.4 is 25.2 Å². The maximum Gasteiger partial charge on any atom is 0.251 e. The normalized spacial score (nSPS) is 21.6. The number of aromatic nitrogens is 2. The predicted molar refractivity (Wildman–Crippen MR) is 159 cm³/mol. The van der Waals surface area contributed by atoms with Crippen LogP contribution in [0.2, 0.25) is 0 Å². The fourth-order valence-electron chi connectivity index (χ4n) is 6.38. The van der Waals surface area contributed by atoms with E-state index < -0.39 is 0 Å². The molecule has 222 valence electrons. The lowest BCUT2D eigenvalue weighted by Gasteiger charge is -2.43. The number of anilines is 4. The molecule has 1 aliphatic carbocycles. The number of methoxy groups -OCH3 is 1. The van der Waals surface area contributed by atoms with Gasteiger partial charge in [0.2, 0.25) is 11.9 Å². The number of amides is 2. The van der Waals surface area contributed by atoms with Gasteiger partial charge < -0.3 is 34.8 Å². The van der Waals surface area contributed by atoms with Crippen LogP contribution in [0.25, 0.3) is 0 Å². The number of likely N-dealkylation sites (N-methyl/N-ethyl adjacent to an activating group) is 2. The molecule has 2 unspecified atom stereocenters. The zero-order valence-electron chi connectivity index (χ0n) is 24.9. The maximum absolute atomic E-state index is 13.2. The van der Waals surface area contributed by atoms with Gasteiger partial charge in [-0.15, -0.1) is 0 Å². The highest BCUT2D eigenvalue weighted by Gasteiger charge is 2.41. The highest BCUT2D eigenvalue weighted by atomic mass is 16.5. The van der Waals surface area contributed by atoms with Gasteiger partial charge in [-0.1, -0.05) is 26.7 Å². The number of hydrogen-bond donors (Lipinski definition) is 2. The van der Waals surface area contributed by atoms with Crippen molar-refractivity contribution in [2.24, 2.45) is 0 Å². The first-order valence-electron chi connectivity index (χ1n) is 14.8. The fourth-order valence-corrected chi connectivity index (χ4v) is 6.38. The van der Waals surface area contributed by atoms with Gasteiger partial charge >= 0.3 is 0 Å². The average Bonchev–Trinajstić information content (AvgIpc) is 3.52. The molecule has 11 nitrogen and oxygen atoms in total. The molecule has 2 amide bonds. The van der Waals surface area contributed by atoms with E-state index in [1.54, 1.807) is 25.3 Å². The van der Waals surface area contributed by atoms with Crippen LogP contribution in [-0.4, -0.2) is 92.3 Å². The second kappa shape index (κ2) is 12.6. The maximum atomic E-state index is 13.2. The van der Waals surface area contributed by atoms with Gasteiger partial charge in [-0.25, -0.2) is 4.98 Å². The van der Waals surface area contributed by atoms with Gasteiger partial charge in [0.25, 0.3) is 5.91 Å². The lowest BCUT2D eigenvalue weighted by Crippen LogP contribution is -2.55. The number of morpholine rings is 1. The molecule has 1 aromatic heterocycles. The Kier molecular flexibility index (Phi) is 8.94. The first kappa shape index (κ1) is 29.1. The highest BCUT2D eigenvalue weighted by molar-refractivity contribution is 6.04. The van der Waals surface area contributed by atoms with E-state index >= 15 is 0 Å². The second-order valence-corrected chi connectivity index (χ2v) is 11.2. The Morgan fingerprint density at radius 2 is 1.98 bits per heavy atom. The Labute approximate surface area is 242 Å². The third-order valence-electron chi connectivity index (χ3n) is 8.55. The standard InChI is InChI=1S/C30H43N7O4/c1-6-21-22(28(38)31-16-20-18-35(3)14-15-41-20)12-13-23(26(21)40-5)33-30-32-17-25-27(34-30)37(19-10-8-9-11-19)24(7-2)29(39)36(25)4/h12-13,17,19-20,24H,6-11,14-16,18H2,1-5H3,(H,31,38)(H,32,33,34). The lowest BCUT2D eigenvalue weighted by molar-refractivity contribution is -0.120. The molecule has 3 aliphatic rings. The van der Waals surface area contributed by atoms with E-state index in [1.165, 1.54) is 0 Å². The fraction of sp³-hybridized carbons (Fsp3) is 0.600. The molecule has 1 saturated carbocycles. The molecule has 5 rings (SSSR count). The van der Waals surface area contributed by atoms with Crippen LogP contribution in [0.5, 0.6) is 5.75 Å². The molecule has 2 N–H and O–H groups in total. The number of rotatable bonds is 9. The van der Waals surface area contributed by atoms with Crippen molar-refractivity contribution in [3.8, 4) is 5.75 Å². The molecule has 0 spiro atoms. The SMILES string of the molecule is CCc1c(C(=O)NCC2CN(C)CCO2)ccc(Nc2ncc3c(n2)N(C2CCCC2)C(CC)C(=O)N3C)c1OC. The first-order valence-corrected chi connectivity index (χ1v) is 14.8. The Morgan fingerprint density at radius 1 is 1.20 bits per heavy atom. The molecule has 2 aliphatic heterocycles. The van der Waals surface area contributed by atoms with Crippen molar-refractivity contribution in [1.82, 2.24) is 20.2 Å². The van der Waals surface area contributed by atoms with Gasteiger partial charge in [-0.05, 0) is 44.9 Å². The zero-order valence-corrected chi connectivity index (χ0v) is 24.9. The van der Waals surface area contributed by atoms with Crippen LogP contribution >= 0.6 is 0 Å². The van der Waals surface area contributed by atoms with Crippen molar-refractivity contribution >= 4 is 35.0 Å². The van der Waals surface area contributed by atoms with Crippen molar-refractivity contribution in [3.05, 3.63) is 29.5 Å². The van der Waals surface area contributed by atoms with E-state index in [2.05, 4.69) is 39.4 Å². The molecule has 2 fully saturated rings. The van der Waals surface area contributed by atoms with Crippen molar-refractivity contribution in [2.45, 2.75) is 70.6 Å². The van der Waals surface area contributed by atoms with E-state index in [4.69, 9.17) is 14.5 Å². The van der Waals surface area contributed by atoms with E-state index in [0.29, 0.717) is 48.9 Å². The number of hydrogen-bond acceptors (Lipinski definition) is 9. The molecule has 1 saturated heterocycles. The van der Waals surface area contributed by atoms with E-state index in [9.17, 15) is 9.59 Å². The number of fused-ring (bicyclic) bond motifs is 1. The third-order valence-corrected chi connectivity index (χ3v) is 8.55. The molecular formula is C30H43N7O4. The Hall–Kier alpha value is -3.44. The summed E-state index contributed by atoms with van der Waals surface area (Å²) in [7, 11) is 5.46. The summed E-state index contributed by atoms with van der Waals surface area (Å²) < 4.78 is 11.6. The number of nitrogens with one attached hydrogen (secondary N) is 2. The summed E-state index contributed by atoms with van der Waals surface area (Å²) in [4.78, 5) is 42.0. The van der Waals surface area contributed by atoms with Crippen molar-refractivity contribution in [2.75, 3.05) is 62.6 Å². The van der Waals surface area contributed by atoms with Crippen LogP contribution in [0.3, 0.4) is 0 Å². The van der Waals surface area contributed by atoms with Crippen LogP contribution in [-0.2, 0) is 16.0 Å². The van der Waals surface area contributed by atoms with Crippen LogP contribution in [0.4, 0.5) is 23.1 Å². The van der Waals surface area contributed by atoms with Gasteiger partial charge in [0.15, 0.2) is 5.82 Å². The van der Waals surface area contributed by atoms with E-state index in [0.717, 1.165) is 55.8 Å². The predicted octanol–water partition coefficient (Wildman–Crippen LogP) is 3.36. The molecule has 2 atom stereocenters. The topological polar surface area (TPSA) is 112 Å². The van der Waals surface area contributed by atoms with Gasteiger partial charge in [0, 0.05) is 43.9 Å². The number of benzene rings is 1. The summed E-state index contributed by atoms with van der Waals surface area (Å²) in [5.41, 5.74) is 2.78. The summed E-state index contributed by atoms with van der Waals surface area (Å²) in [5, 5.41) is 6.38. The quantitative estimate of drug-likeness (QED) is 0.473. The molecule has 3 heterocycles. The summed E-state index contributed by atoms with van der Waals surface area (Å²) >= 11 is 0. The van der Waals surface area contributed by atoms with E-state index in [1.807, 2.05) is 19.1 Å². The van der Waals surface area contributed by atoms with E-state index in [-0.39, 0.29) is 30.0 Å². The molecule has 0 radical (unpaired) electrons. The Balaban J connectivity index is 1.40. The molecule has 11 heteroatoms. The molecular weight excluding hydrogens is 522 g/mol. The summed E-state index contributed by atoms with van der Waals surface area (Å²) in [5.74, 6) is 1.71. The smallest absolute Gasteiger partial charge is 0.251 e. The minimum atomic E-state index is -0.239. The van der Waals surface area contributed by atoms with Crippen LogP contribution in [0.1, 0.15) is 61.9 Å². The average molecular weight is 566 g/mol. The minimum absolute atomic E-state index is 0.0304.